The van der Waals surface area contributed by atoms with Crippen LogP contribution in [0, 0.1) is 6.92 Å². The molecule has 3 heteroatoms. The van der Waals surface area contributed by atoms with Gasteiger partial charge >= 0.3 is 0 Å². The first kappa shape index (κ1) is 8.94. The maximum atomic E-state index is 4.30. The predicted molar refractivity (Wildman–Crippen MR) is 55.0 cm³/mol. The molecule has 0 spiro atoms. The number of hydrogen-bond acceptors (Lipinski definition) is 2. The van der Waals surface area contributed by atoms with E-state index >= 15 is 0 Å². The molecule has 72 valence electrons. The van der Waals surface area contributed by atoms with Gasteiger partial charge in [-0.15, -0.1) is 0 Å². The Kier molecular flexibility index (Phi) is 2.31. The van der Waals surface area contributed by atoms with Crippen LogP contribution in [0.5, 0.6) is 0 Å². The minimum atomic E-state index is 0.845. The minimum Gasteiger partial charge on any atom is -0.272 e. The highest BCUT2D eigenvalue weighted by atomic mass is 15.3. The quantitative estimate of drug-likeness (QED) is 0.716. The Balaban J connectivity index is 2.23. The van der Waals surface area contributed by atoms with Gasteiger partial charge < -0.3 is 0 Å². The molecule has 0 atom stereocenters. The molecule has 2 aromatic heterocycles. The van der Waals surface area contributed by atoms with Gasteiger partial charge in [0, 0.05) is 31.1 Å². The second kappa shape index (κ2) is 3.62. The Morgan fingerprint density at radius 3 is 2.79 bits per heavy atom. The van der Waals surface area contributed by atoms with Crippen molar-refractivity contribution in [3.8, 4) is 0 Å². The van der Waals surface area contributed by atoms with Crippen molar-refractivity contribution < 1.29 is 0 Å². The Morgan fingerprint density at radius 2 is 2.21 bits per heavy atom. The summed E-state index contributed by atoms with van der Waals surface area (Å²) in [6.07, 6.45) is 2.66. The number of nitrogens with zero attached hydrogens (tertiary/aromatic N) is 3. The SMILES string of the molecule is Cc1cc(Cc2ccccn2)n(C)n1. The first-order valence-corrected chi connectivity index (χ1v) is 4.65. The molecule has 0 amide bonds. The van der Waals surface area contributed by atoms with Gasteiger partial charge in [-0.3, -0.25) is 9.67 Å². The molecule has 0 aliphatic rings. The summed E-state index contributed by atoms with van der Waals surface area (Å²) in [5, 5.41) is 4.30. The number of rotatable bonds is 2. The Labute approximate surface area is 83.4 Å². The molecule has 2 heterocycles. The van der Waals surface area contributed by atoms with Crippen molar-refractivity contribution in [2.45, 2.75) is 13.3 Å². The third kappa shape index (κ3) is 1.82. The van der Waals surface area contributed by atoms with Gasteiger partial charge in [-0.2, -0.15) is 5.10 Å². The van der Waals surface area contributed by atoms with Gasteiger partial charge in [-0.1, -0.05) is 6.07 Å². The normalized spacial score (nSPS) is 10.4. The molecule has 2 aromatic rings. The monoisotopic (exact) mass is 187 g/mol. The minimum absolute atomic E-state index is 0.845. The summed E-state index contributed by atoms with van der Waals surface area (Å²) in [6.45, 7) is 2.00. The van der Waals surface area contributed by atoms with Crippen LogP contribution in [0.25, 0.3) is 0 Å². The van der Waals surface area contributed by atoms with E-state index in [4.69, 9.17) is 0 Å². The van der Waals surface area contributed by atoms with E-state index in [1.807, 2.05) is 43.0 Å². The van der Waals surface area contributed by atoms with Crippen molar-refractivity contribution in [1.82, 2.24) is 14.8 Å². The highest BCUT2D eigenvalue weighted by Crippen LogP contribution is 2.07. The third-order valence-electron chi connectivity index (χ3n) is 2.19. The number of aromatic nitrogens is 3. The zero-order chi connectivity index (χ0) is 9.97. The van der Waals surface area contributed by atoms with E-state index in [0.29, 0.717) is 0 Å². The van der Waals surface area contributed by atoms with Crippen LogP contribution in [0.3, 0.4) is 0 Å². The van der Waals surface area contributed by atoms with Crippen LogP contribution in [0.2, 0.25) is 0 Å². The summed E-state index contributed by atoms with van der Waals surface area (Å²) in [6, 6.07) is 8.06. The van der Waals surface area contributed by atoms with Crippen LogP contribution in [-0.2, 0) is 13.5 Å². The van der Waals surface area contributed by atoms with Crippen molar-refractivity contribution in [3.05, 3.63) is 47.5 Å². The Bertz CT molecular complexity index is 417. The average molecular weight is 187 g/mol. The van der Waals surface area contributed by atoms with E-state index in [2.05, 4.69) is 16.1 Å². The fraction of sp³-hybridized carbons (Fsp3) is 0.273. The lowest BCUT2D eigenvalue weighted by molar-refractivity contribution is 0.713. The molecule has 0 aliphatic carbocycles. The van der Waals surface area contributed by atoms with Crippen molar-refractivity contribution in [2.75, 3.05) is 0 Å². The lowest BCUT2D eigenvalue weighted by Crippen LogP contribution is -2.00. The molecule has 0 bridgehead atoms. The van der Waals surface area contributed by atoms with Gasteiger partial charge in [-0.25, -0.2) is 0 Å². The molecule has 0 radical (unpaired) electrons. The Hall–Kier alpha value is -1.64. The number of hydrogen-bond donors (Lipinski definition) is 0. The molecule has 0 unspecified atom stereocenters. The Morgan fingerprint density at radius 1 is 1.36 bits per heavy atom. The highest BCUT2D eigenvalue weighted by Gasteiger charge is 2.03. The van der Waals surface area contributed by atoms with E-state index in [-0.39, 0.29) is 0 Å². The molecule has 0 saturated heterocycles. The van der Waals surface area contributed by atoms with Crippen molar-refractivity contribution >= 4 is 0 Å². The fourth-order valence-corrected chi connectivity index (χ4v) is 1.52. The predicted octanol–water partition coefficient (Wildman–Crippen LogP) is 1.71. The first-order valence-electron chi connectivity index (χ1n) is 4.65. The van der Waals surface area contributed by atoms with E-state index in [0.717, 1.165) is 17.8 Å². The lowest BCUT2D eigenvalue weighted by atomic mass is 10.2. The third-order valence-corrected chi connectivity index (χ3v) is 2.19. The zero-order valence-electron chi connectivity index (χ0n) is 8.44. The van der Waals surface area contributed by atoms with E-state index < -0.39 is 0 Å². The zero-order valence-corrected chi connectivity index (χ0v) is 8.44. The first-order chi connectivity index (χ1) is 6.75. The molecule has 3 nitrogen and oxygen atoms in total. The smallest absolute Gasteiger partial charge is 0.0596 e. The number of aryl methyl sites for hydroxylation is 2. The van der Waals surface area contributed by atoms with Crippen LogP contribution < -0.4 is 0 Å². The molecular weight excluding hydrogens is 174 g/mol. The van der Waals surface area contributed by atoms with Crippen LogP contribution in [0.15, 0.2) is 30.5 Å². The largest absolute Gasteiger partial charge is 0.272 e. The molecule has 0 saturated carbocycles. The van der Waals surface area contributed by atoms with Gasteiger partial charge in [0.1, 0.15) is 0 Å². The maximum Gasteiger partial charge on any atom is 0.0596 e. The van der Waals surface area contributed by atoms with Crippen molar-refractivity contribution in [2.24, 2.45) is 7.05 Å². The summed E-state index contributed by atoms with van der Waals surface area (Å²) in [7, 11) is 1.96. The van der Waals surface area contributed by atoms with Crippen LogP contribution in [-0.4, -0.2) is 14.8 Å². The lowest BCUT2D eigenvalue weighted by Gasteiger charge is -2.00. The molecular formula is C11H13N3. The van der Waals surface area contributed by atoms with E-state index in [1.54, 1.807) is 0 Å². The van der Waals surface area contributed by atoms with Gasteiger partial charge in [-0.05, 0) is 25.1 Å². The van der Waals surface area contributed by atoms with Gasteiger partial charge in [0.25, 0.3) is 0 Å². The molecule has 0 aliphatic heterocycles. The maximum absolute atomic E-state index is 4.30. The van der Waals surface area contributed by atoms with Crippen LogP contribution in [0.1, 0.15) is 17.1 Å². The van der Waals surface area contributed by atoms with Gasteiger partial charge in [0.05, 0.1) is 5.69 Å². The van der Waals surface area contributed by atoms with E-state index in [9.17, 15) is 0 Å². The van der Waals surface area contributed by atoms with Crippen molar-refractivity contribution in [1.29, 1.82) is 0 Å². The highest BCUT2D eigenvalue weighted by molar-refractivity contribution is 5.17. The average Bonchev–Trinajstić information content (AvgIpc) is 2.47. The summed E-state index contributed by atoms with van der Waals surface area (Å²) in [5.74, 6) is 0. The van der Waals surface area contributed by atoms with E-state index in [1.165, 1.54) is 5.69 Å². The molecule has 2 rings (SSSR count). The topological polar surface area (TPSA) is 30.7 Å². The van der Waals surface area contributed by atoms with Crippen molar-refractivity contribution in [3.63, 3.8) is 0 Å². The summed E-state index contributed by atoms with van der Waals surface area (Å²) < 4.78 is 1.91. The molecule has 0 fully saturated rings. The molecule has 0 aromatic carbocycles. The van der Waals surface area contributed by atoms with Crippen LogP contribution >= 0.6 is 0 Å². The summed E-state index contributed by atoms with van der Waals surface area (Å²) >= 11 is 0. The second-order valence-electron chi connectivity index (χ2n) is 3.40. The van der Waals surface area contributed by atoms with Gasteiger partial charge in [0.2, 0.25) is 0 Å². The second-order valence-corrected chi connectivity index (χ2v) is 3.40. The standard InChI is InChI=1S/C11H13N3/c1-9-7-11(14(2)13-9)8-10-5-3-4-6-12-10/h3-7H,8H2,1-2H3. The number of pyridine rings is 1. The summed E-state index contributed by atoms with van der Waals surface area (Å²) in [5.41, 5.74) is 3.33. The fourth-order valence-electron chi connectivity index (χ4n) is 1.52. The summed E-state index contributed by atoms with van der Waals surface area (Å²) in [4.78, 5) is 4.28. The van der Waals surface area contributed by atoms with Gasteiger partial charge in [0.15, 0.2) is 0 Å². The molecule has 14 heavy (non-hydrogen) atoms. The molecule has 0 N–H and O–H groups in total. The van der Waals surface area contributed by atoms with Crippen LogP contribution in [0.4, 0.5) is 0 Å².